The van der Waals surface area contributed by atoms with Crippen LogP contribution in [0.4, 0.5) is 5.95 Å². The fraction of sp³-hybridized carbons (Fsp3) is 0.625. The van der Waals surface area contributed by atoms with Crippen LogP contribution in [0.3, 0.4) is 0 Å². The molecule has 0 saturated carbocycles. The van der Waals surface area contributed by atoms with Crippen molar-refractivity contribution in [2.24, 2.45) is 0 Å². The van der Waals surface area contributed by atoms with E-state index in [4.69, 9.17) is 4.74 Å². The van der Waals surface area contributed by atoms with Crippen LogP contribution in [0.25, 0.3) is 0 Å². The van der Waals surface area contributed by atoms with Crippen molar-refractivity contribution in [3.63, 3.8) is 0 Å². The summed E-state index contributed by atoms with van der Waals surface area (Å²) in [5, 5.41) is 12.1. The number of rotatable bonds is 3. The van der Waals surface area contributed by atoms with E-state index in [0.717, 1.165) is 26.3 Å². The zero-order valence-electron chi connectivity index (χ0n) is 7.96. The van der Waals surface area contributed by atoms with Gasteiger partial charge in [-0.05, 0) is 5.21 Å². The second-order valence-corrected chi connectivity index (χ2v) is 3.03. The lowest BCUT2D eigenvalue weighted by molar-refractivity contribution is 0.122. The van der Waals surface area contributed by atoms with Gasteiger partial charge in [0.15, 0.2) is 0 Å². The lowest BCUT2D eigenvalue weighted by atomic mass is 10.4. The van der Waals surface area contributed by atoms with Gasteiger partial charge in [-0.25, -0.2) is 0 Å². The van der Waals surface area contributed by atoms with Crippen molar-refractivity contribution < 1.29 is 4.74 Å². The summed E-state index contributed by atoms with van der Waals surface area (Å²) < 4.78 is 5.23. The summed E-state index contributed by atoms with van der Waals surface area (Å²) in [7, 11) is 0. The molecular weight excluding hydrogens is 182 g/mol. The number of nitrogens with zero attached hydrogens (tertiary/aromatic N) is 5. The minimum absolute atomic E-state index is 0.595. The highest BCUT2D eigenvalue weighted by atomic mass is 16.5. The molecule has 1 fully saturated rings. The van der Waals surface area contributed by atoms with Gasteiger partial charge in [0.25, 0.3) is 5.95 Å². The van der Waals surface area contributed by atoms with Crippen LogP contribution in [-0.4, -0.2) is 46.5 Å². The molecule has 1 aromatic rings. The summed E-state index contributed by atoms with van der Waals surface area (Å²) in [6.45, 7) is 7.34. The van der Waals surface area contributed by atoms with Gasteiger partial charge in [0.05, 0.1) is 19.8 Å². The Morgan fingerprint density at radius 1 is 1.43 bits per heavy atom. The Bertz CT molecular complexity index is 304. The van der Waals surface area contributed by atoms with E-state index in [1.54, 1.807) is 6.08 Å². The van der Waals surface area contributed by atoms with E-state index in [-0.39, 0.29) is 0 Å². The Labute approximate surface area is 82.1 Å². The zero-order valence-corrected chi connectivity index (χ0v) is 7.96. The molecule has 0 aromatic carbocycles. The molecule has 0 bridgehead atoms. The molecule has 0 radical (unpaired) electrons. The van der Waals surface area contributed by atoms with Crippen LogP contribution in [-0.2, 0) is 11.3 Å². The summed E-state index contributed by atoms with van der Waals surface area (Å²) in [5.41, 5.74) is 0. The van der Waals surface area contributed by atoms with Crippen molar-refractivity contribution in [1.82, 2.24) is 20.2 Å². The molecule has 0 amide bonds. The van der Waals surface area contributed by atoms with E-state index in [1.165, 1.54) is 4.80 Å². The van der Waals surface area contributed by atoms with Gasteiger partial charge >= 0.3 is 0 Å². The third-order valence-corrected chi connectivity index (χ3v) is 2.03. The number of morpholine rings is 1. The predicted octanol–water partition coefficient (Wildman–Crippen LogP) is -0.304. The lowest BCUT2D eigenvalue weighted by Gasteiger charge is -2.24. The fourth-order valence-corrected chi connectivity index (χ4v) is 1.32. The van der Waals surface area contributed by atoms with Crippen LogP contribution in [0, 0.1) is 0 Å². The summed E-state index contributed by atoms with van der Waals surface area (Å²) in [6.07, 6.45) is 1.74. The van der Waals surface area contributed by atoms with Crippen LogP contribution in [0.1, 0.15) is 0 Å². The molecule has 0 spiro atoms. The molecule has 0 aliphatic carbocycles. The first-order chi connectivity index (χ1) is 6.90. The third kappa shape index (κ3) is 1.90. The number of hydrogen-bond donors (Lipinski definition) is 0. The molecule has 1 aliphatic heterocycles. The minimum atomic E-state index is 0.595. The Hall–Kier alpha value is -1.43. The first-order valence-corrected chi connectivity index (χ1v) is 4.61. The molecule has 1 aliphatic rings. The molecule has 2 rings (SSSR count). The topological polar surface area (TPSA) is 56.1 Å². The van der Waals surface area contributed by atoms with E-state index in [0.29, 0.717) is 12.5 Å². The summed E-state index contributed by atoms with van der Waals surface area (Å²) in [5.74, 6) is 0.676. The summed E-state index contributed by atoms with van der Waals surface area (Å²) in [6, 6.07) is 0. The first kappa shape index (κ1) is 9.14. The zero-order chi connectivity index (χ0) is 9.80. The highest BCUT2D eigenvalue weighted by molar-refractivity contribution is 5.26. The number of aromatic nitrogens is 4. The molecule has 1 saturated heterocycles. The molecule has 6 nitrogen and oxygen atoms in total. The average molecular weight is 195 g/mol. The average Bonchev–Trinajstić information content (AvgIpc) is 2.68. The van der Waals surface area contributed by atoms with Gasteiger partial charge in [-0.2, -0.15) is 4.80 Å². The van der Waals surface area contributed by atoms with E-state index in [9.17, 15) is 0 Å². The van der Waals surface area contributed by atoms with Crippen molar-refractivity contribution in [3.05, 3.63) is 12.7 Å². The Morgan fingerprint density at radius 3 is 2.93 bits per heavy atom. The maximum atomic E-state index is 5.23. The van der Waals surface area contributed by atoms with Gasteiger partial charge in [-0.3, -0.25) is 0 Å². The highest BCUT2D eigenvalue weighted by Crippen LogP contribution is 2.06. The number of hydrogen-bond acceptors (Lipinski definition) is 5. The molecular formula is C8H13N5O. The Balaban J connectivity index is 2.03. The van der Waals surface area contributed by atoms with Gasteiger partial charge in [0, 0.05) is 13.1 Å². The molecule has 2 heterocycles. The van der Waals surface area contributed by atoms with Crippen molar-refractivity contribution >= 4 is 5.95 Å². The van der Waals surface area contributed by atoms with Crippen LogP contribution in [0.15, 0.2) is 12.7 Å². The SMILES string of the molecule is C=CCn1nnc(N2CCOCC2)n1. The third-order valence-electron chi connectivity index (χ3n) is 2.03. The smallest absolute Gasteiger partial charge is 0.266 e. The van der Waals surface area contributed by atoms with Crippen molar-refractivity contribution in [3.8, 4) is 0 Å². The maximum Gasteiger partial charge on any atom is 0.266 e. The van der Waals surface area contributed by atoms with E-state index < -0.39 is 0 Å². The van der Waals surface area contributed by atoms with Crippen molar-refractivity contribution in [2.75, 3.05) is 31.2 Å². The molecule has 0 N–H and O–H groups in total. The number of ether oxygens (including phenoxy) is 1. The van der Waals surface area contributed by atoms with Crippen LogP contribution in [0.2, 0.25) is 0 Å². The van der Waals surface area contributed by atoms with Gasteiger partial charge in [-0.1, -0.05) is 11.2 Å². The Kier molecular flexibility index (Phi) is 2.73. The van der Waals surface area contributed by atoms with Crippen molar-refractivity contribution in [1.29, 1.82) is 0 Å². The lowest BCUT2D eigenvalue weighted by Crippen LogP contribution is -2.37. The maximum absolute atomic E-state index is 5.23. The van der Waals surface area contributed by atoms with E-state index in [1.807, 2.05) is 0 Å². The van der Waals surface area contributed by atoms with Crippen LogP contribution >= 0.6 is 0 Å². The fourth-order valence-electron chi connectivity index (χ4n) is 1.32. The standard InChI is InChI=1S/C8H13N5O/c1-2-3-13-10-8(9-11-13)12-4-6-14-7-5-12/h2H,1,3-7H2. The highest BCUT2D eigenvalue weighted by Gasteiger charge is 2.15. The van der Waals surface area contributed by atoms with Gasteiger partial charge < -0.3 is 9.64 Å². The second kappa shape index (κ2) is 4.19. The predicted molar refractivity (Wildman–Crippen MR) is 51.0 cm³/mol. The van der Waals surface area contributed by atoms with Crippen molar-refractivity contribution in [2.45, 2.75) is 6.54 Å². The molecule has 0 atom stereocenters. The molecule has 6 heteroatoms. The number of allylic oxidation sites excluding steroid dienone is 1. The number of anilines is 1. The molecule has 0 unspecified atom stereocenters. The van der Waals surface area contributed by atoms with Gasteiger partial charge in [-0.15, -0.1) is 11.7 Å². The van der Waals surface area contributed by atoms with E-state index >= 15 is 0 Å². The van der Waals surface area contributed by atoms with E-state index in [2.05, 4.69) is 26.9 Å². The first-order valence-electron chi connectivity index (χ1n) is 4.61. The molecule has 1 aromatic heterocycles. The minimum Gasteiger partial charge on any atom is -0.378 e. The van der Waals surface area contributed by atoms with Gasteiger partial charge in [0.2, 0.25) is 0 Å². The normalized spacial score (nSPS) is 17.0. The van der Waals surface area contributed by atoms with Gasteiger partial charge in [0.1, 0.15) is 0 Å². The molecule has 76 valence electrons. The second-order valence-electron chi connectivity index (χ2n) is 3.03. The molecule has 14 heavy (non-hydrogen) atoms. The largest absolute Gasteiger partial charge is 0.378 e. The van der Waals surface area contributed by atoms with Crippen LogP contribution < -0.4 is 4.90 Å². The Morgan fingerprint density at radius 2 is 2.21 bits per heavy atom. The van der Waals surface area contributed by atoms with Crippen LogP contribution in [0.5, 0.6) is 0 Å². The quantitative estimate of drug-likeness (QED) is 0.619. The summed E-state index contributed by atoms with van der Waals surface area (Å²) in [4.78, 5) is 3.59. The monoisotopic (exact) mass is 195 g/mol. The summed E-state index contributed by atoms with van der Waals surface area (Å²) >= 11 is 0. The number of tetrazole rings is 1.